The second kappa shape index (κ2) is 7.28. The lowest BCUT2D eigenvalue weighted by Crippen LogP contribution is -2.44. The normalized spacial score (nSPS) is 23.0. The fraction of sp³-hybridized carbons (Fsp3) is 0.938. The summed E-state index contributed by atoms with van der Waals surface area (Å²) in [4.78, 5) is 16.6. The molecule has 1 saturated carbocycles. The zero-order chi connectivity index (χ0) is 13.7. The van der Waals surface area contributed by atoms with Crippen LogP contribution < -0.4 is 0 Å². The van der Waals surface area contributed by atoms with Gasteiger partial charge in [0.15, 0.2) is 0 Å². The largest absolute Gasteiger partial charge is 0.343 e. The van der Waals surface area contributed by atoms with Crippen molar-refractivity contribution in [3.8, 4) is 0 Å². The van der Waals surface area contributed by atoms with Gasteiger partial charge in [0, 0.05) is 25.6 Å². The molecular weight excluding hydrogens is 236 g/mol. The Morgan fingerprint density at radius 3 is 2.26 bits per heavy atom. The predicted octanol–water partition coefficient (Wildman–Crippen LogP) is 2.90. The first-order valence-electron chi connectivity index (χ1n) is 8.11. The summed E-state index contributed by atoms with van der Waals surface area (Å²) in [6.45, 7) is 1.93. The first-order valence-corrected chi connectivity index (χ1v) is 8.11. The minimum Gasteiger partial charge on any atom is -0.343 e. The van der Waals surface area contributed by atoms with Crippen LogP contribution in [-0.2, 0) is 4.79 Å². The van der Waals surface area contributed by atoms with Crippen molar-refractivity contribution < 1.29 is 4.79 Å². The van der Waals surface area contributed by atoms with Gasteiger partial charge in [-0.25, -0.2) is 0 Å². The number of piperidine rings is 1. The van der Waals surface area contributed by atoms with Gasteiger partial charge in [0.05, 0.1) is 0 Å². The van der Waals surface area contributed by atoms with E-state index in [1.54, 1.807) is 0 Å². The van der Waals surface area contributed by atoms with Crippen molar-refractivity contribution >= 4 is 5.91 Å². The van der Waals surface area contributed by atoms with Gasteiger partial charge < -0.3 is 9.80 Å². The molecule has 2 rings (SSSR count). The average Bonchev–Trinajstić information content (AvgIpc) is 2.46. The predicted molar refractivity (Wildman–Crippen MR) is 79.1 cm³/mol. The molecule has 110 valence electrons. The number of carbonyl (C=O) groups is 1. The van der Waals surface area contributed by atoms with Crippen molar-refractivity contribution in [2.24, 2.45) is 5.92 Å². The zero-order valence-electron chi connectivity index (χ0n) is 12.7. The molecule has 2 aliphatic rings. The number of likely N-dealkylation sites (tertiary alicyclic amines) is 1. The van der Waals surface area contributed by atoms with Crippen LogP contribution in [0, 0.1) is 5.92 Å². The van der Waals surface area contributed by atoms with Crippen molar-refractivity contribution in [2.75, 3.05) is 27.2 Å². The molecule has 0 aromatic carbocycles. The molecule has 0 bridgehead atoms. The second-order valence-electron chi connectivity index (χ2n) is 6.62. The molecule has 2 fully saturated rings. The molecule has 0 spiro atoms. The van der Waals surface area contributed by atoms with Crippen LogP contribution >= 0.6 is 0 Å². The minimum absolute atomic E-state index is 0.405. The Bertz CT molecular complexity index is 276. The Morgan fingerprint density at radius 1 is 1.05 bits per heavy atom. The summed E-state index contributed by atoms with van der Waals surface area (Å²) in [5.41, 5.74) is 0. The van der Waals surface area contributed by atoms with E-state index in [9.17, 15) is 4.79 Å². The quantitative estimate of drug-likeness (QED) is 0.781. The number of hydrogen-bond acceptors (Lipinski definition) is 2. The van der Waals surface area contributed by atoms with E-state index >= 15 is 0 Å². The van der Waals surface area contributed by atoms with Crippen molar-refractivity contribution in [3.63, 3.8) is 0 Å². The molecule has 0 unspecified atom stereocenters. The monoisotopic (exact) mass is 266 g/mol. The van der Waals surface area contributed by atoms with Crippen LogP contribution in [0.25, 0.3) is 0 Å². The topological polar surface area (TPSA) is 23.6 Å². The maximum absolute atomic E-state index is 12.2. The zero-order valence-corrected chi connectivity index (χ0v) is 12.7. The van der Waals surface area contributed by atoms with Crippen LogP contribution in [0.4, 0.5) is 0 Å². The Balaban J connectivity index is 1.66. The standard InChI is InChI=1S/C16H30N2O/c1-17(2)15-10-12-18(13-11-15)16(19)9-8-14-6-4-3-5-7-14/h14-15H,3-13H2,1-2H3. The van der Waals surface area contributed by atoms with E-state index in [1.807, 2.05) is 0 Å². The lowest BCUT2D eigenvalue weighted by Gasteiger charge is -2.35. The third-order valence-electron chi connectivity index (χ3n) is 5.04. The van der Waals surface area contributed by atoms with Crippen molar-refractivity contribution in [1.29, 1.82) is 0 Å². The average molecular weight is 266 g/mol. The van der Waals surface area contributed by atoms with Crippen molar-refractivity contribution in [3.05, 3.63) is 0 Å². The highest BCUT2D eigenvalue weighted by Crippen LogP contribution is 2.27. The van der Waals surface area contributed by atoms with Crippen LogP contribution in [0.2, 0.25) is 0 Å². The van der Waals surface area contributed by atoms with E-state index in [0.29, 0.717) is 11.9 Å². The lowest BCUT2D eigenvalue weighted by molar-refractivity contribution is -0.133. The maximum Gasteiger partial charge on any atom is 0.222 e. The van der Waals surface area contributed by atoms with Gasteiger partial charge in [0.1, 0.15) is 0 Å². The highest BCUT2D eigenvalue weighted by molar-refractivity contribution is 5.76. The lowest BCUT2D eigenvalue weighted by atomic mass is 9.86. The van der Waals surface area contributed by atoms with E-state index in [-0.39, 0.29) is 0 Å². The molecule has 0 atom stereocenters. The second-order valence-corrected chi connectivity index (χ2v) is 6.62. The van der Waals surface area contributed by atoms with Crippen molar-refractivity contribution in [2.45, 2.75) is 63.8 Å². The van der Waals surface area contributed by atoms with Gasteiger partial charge in [-0.2, -0.15) is 0 Å². The minimum atomic E-state index is 0.405. The van der Waals surface area contributed by atoms with Crippen molar-refractivity contribution in [1.82, 2.24) is 9.80 Å². The molecule has 0 N–H and O–H groups in total. The van der Waals surface area contributed by atoms with Crippen LogP contribution in [-0.4, -0.2) is 48.9 Å². The number of hydrogen-bond donors (Lipinski definition) is 0. The van der Waals surface area contributed by atoms with E-state index in [1.165, 1.54) is 32.1 Å². The van der Waals surface area contributed by atoms with E-state index in [2.05, 4.69) is 23.9 Å². The van der Waals surface area contributed by atoms with Gasteiger partial charge in [0.25, 0.3) is 0 Å². The maximum atomic E-state index is 12.2. The van der Waals surface area contributed by atoms with E-state index in [0.717, 1.165) is 44.7 Å². The molecule has 0 radical (unpaired) electrons. The highest BCUT2D eigenvalue weighted by Gasteiger charge is 2.24. The first kappa shape index (κ1) is 14.8. The Hall–Kier alpha value is -0.570. The number of nitrogens with zero attached hydrogens (tertiary/aromatic N) is 2. The summed E-state index contributed by atoms with van der Waals surface area (Å²) >= 11 is 0. The molecule has 0 aromatic rings. The third kappa shape index (κ3) is 4.48. The Morgan fingerprint density at radius 2 is 1.68 bits per heavy atom. The molecule has 1 aliphatic heterocycles. The first-order chi connectivity index (χ1) is 9.16. The summed E-state index contributed by atoms with van der Waals surface area (Å²) < 4.78 is 0. The molecule has 3 nitrogen and oxygen atoms in total. The van der Waals surface area contributed by atoms with Crippen LogP contribution in [0.5, 0.6) is 0 Å². The summed E-state index contributed by atoms with van der Waals surface area (Å²) in [6.07, 6.45) is 11.1. The summed E-state index contributed by atoms with van der Waals surface area (Å²) in [7, 11) is 4.29. The fourth-order valence-electron chi connectivity index (χ4n) is 3.59. The van der Waals surface area contributed by atoms with Crippen LogP contribution in [0.3, 0.4) is 0 Å². The fourth-order valence-corrected chi connectivity index (χ4v) is 3.59. The van der Waals surface area contributed by atoms with Gasteiger partial charge >= 0.3 is 0 Å². The van der Waals surface area contributed by atoms with Crippen LogP contribution in [0.1, 0.15) is 57.8 Å². The third-order valence-corrected chi connectivity index (χ3v) is 5.04. The van der Waals surface area contributed by atoms with Gasteiger partial charge in [-0.05, 0) is 39.3 Å². The van der Waals surface area contributed by atoms with Gasteiger partial charge in [0.2, 0.25) is 5.91 Å². The van der Waals surface area contributed by atoms with E-state index in [4.69, 9.17) is 0 Å². The molecule has 1 amide bonds. The molecule has 1 aliphatic carbocycles. The molecule has 3 heteroatoms. The summed E-state index contributed by atoms with van der Waals surface area (Å²) in [5, 5.41) is 0. The smallest absolute Gasteiger partial charge is 0.222 e. The molecular formula is C16H30N2O. The van der Waals surface area contributed by atoms with Gasteiger partial charge in [-0.3, -0.25) is 4.79 Å². The Labute approximate surface area is 118 Å². The van der Waals surface area contributed by atoms with Gasteiger partial charge in [-0.15, -0.1) is 0 Å². The summed E-state index contributed by atoms with van der Waals surface area (Å²) in [5.74, 6) is 1.24. The molecule has 19 heavy (non-hydrogen) atoms. The SMILES string of the molecule is CN(C)C1CCN(C(=O)CCC2CCCCC2)CC1. The van der Waals surface area contributed by atoms with Crippen LogP contribution in [0.15, 0.2) is 0 Å². The number of amides is 1. The number of carbonyl (C=O) groups excluding carboxylic acids is 1. The molecule has 0 aromatic heterocycles. The molecule has 1 saturated heterocycles. The Kier molecular flexibility index (Phi) is 5.68. The van der Waals surface area contributed by atoms with Gasteiger partial charge in [-0.1, -0.05) is 32.1 Å². The van der Waals surface area contributed by atoms with E-state index < -0.39 is 0 Å². The molecule has 1 heterocycles. The summed E-state index contributed by atoms with van der Waals surface area (Å²) in [6, 6.07) is 0.669. The number of rotatable bonds is 4. The highest BCUT2D eigenvalue weighted by atomic mass is 16.2.